The molecule has 0 saturated carbocycles. The third kappa shape index (κ3) is 3.19. The molecule has 0 aromatic heterocycles. The molecule has 4 saturated heterocycles. The molecule has 1 aromatic carbocycles. The largest absolute Gasteiger partial charge is 0.337 e. The number of carbonyl (C=O) groups is 1. The molecule has 2 unspecified atom stereocenters. The van der Waals surface area contributed by atoms with Gasteiger partial charge in [0.2, 0.25) is 5.91 Å². The second-order valence-corrected chi connectivity index (χ2v) is 7.45. The van der Waals surface area contributed by atoms with Crippen molar-refractivity contribution in [2.75, 3.05) is 19.6 Å². The zero-order chi connectivity index (χ0) is 16.5. The minimum atomic E-state index is -0.174. The van der Waals surface area contributed by atoms with Crippen molar-refractivity contribution >= 4 is 5.91 Å². The van der Waals surface area contributed by atoms with Crippen molar-refractivity contribution in [2.45, 2.75) is 44.4 Å². The van der Waals surface area contributed by atoms with E-state index in [0.717, 1.165) is 32.6 Å². The van der Waals surface area contributed by atoms with Crippen molar-refractivity contribution in [3.05, 3.63) is 35.9 Å². The summed E-state index contributed by atoms with van der Waals surface area (Å²) >= 11 is 0. The number of amides is 1. The van der Waals surface area contributed by atoms with Gasteiger partial charge in [-0.15, -0.1) is 0 Å². The lowest BCUT2D eigenvalue weighted by atomic mass is 9.94. The molecule has 6 heteroatoms. The van der Waals surface area contributed by atoms with Crippen LogP contribution in [0, 0.1) is 5.92 Å². The topological polar surface area (TPSA) is 59.6 Å². The fourth-order valence-corrected chi connectivity index (χ4v) is 4.32. The molecule has 2 bridgehead atoms. The lowest BCUT2D eigenvalue weighted by molar-refractivity contribution is -0.137. The Hall–Kier alpha value is -1.47. The Balaban J connectivity index is 1.45. The van der Waals surface area contributed by atoms with Crippen LogP contribution in [0.3, 0.4) is 0 Å². The number of nitrogens with zero attached hydrogens (tertiary/aromatic N) is 2. The minimum Gasteiger partial charge on any atom is -0.337 e. The molecular formula is C18H27N5O. The van der Waals surface area contributed by atoms with E-state index in [1.807, 2.05) is 6.92 Å². The summed E-state index contributed by atoms with van der Waals surface area (Å²) in [4.78, 5) is 17.7. The summed E-state index contributed by atoms with van der Waals surface area (Å²) in [5.41, 5.74) is 10.4. The van der Waals surface area contributed by atoms with Gasteiger partial charge in [0.1, 0.15) is 6.04 Å². The van der Waals surface area contributed by atoms with E-state index in [9.17, 15) is 4.79 Å². The SMILES string of the molecule is CC1NNNC1C(=O)N1C[C@H]2CC[C@@H]1CN(Cc1ccccc1)C2. The van der Waals surface area contributed by atoms with E-state index in [1.54, 1.807) is 0 Å². The molecule has 0 radical (unpaired) electrons. The normalized spacial score (nSPS) is 33.6. The van der Waals surface area contributed by atoms with Crippen molar-refractivity contribution < 1.29 is 4.79 Å². The van der Waals surface area contributed by atoms with Crippen LogP contribution in [0.4, 0.5) is 0 Å². The van der Waals surface area contributed by atoms with Gasteiger partial charge in [-0.2, -0.15) is 5.53 Å². The van der Waals surface area contributed by atoms with Crippen LogP contribution in [0.25, 0.3) is 0 Å². The van der Waals surface area contributed by atoms with Crippen LogP contribution in [-0.4, -0.2) is 53.5 Å². The van der Waals surface area contributed by atoms with E-state index >= 15 is 0 Å². The van der Waals surface area contributed by atoms with Crippen LogP contribution >= 0.6 is 0 Å². The second kappa shape index (κ2) is 6.80. The molecule has 4 heterocycles. The van der Waals surface area contributed by atoms with Gasteiger partial charge in [0.05, 0.1) is 0 Å². The summed E-state index contributed by atoms with van der Waals surface area (Å²) < 4.78 is 0. The third-order valence-electron chi connectivity index (χ3n) is 5.61. The summed E-state index contributed by atoms with van der Waals surface area (Å²) in [7, 11) is 0. The lowest BCUT2D eigenvalue weighted by Crippen LogP contribution is -2.55. The van der Waals surface area contributed by atoms with E-state index < -0.39 is 0 Å². The molecule has 0 aliphatic carbocycles. The first kappa shape index (κ1) is 16.0. The van der Waals surface area contributed by atoms with E-state index in [4.69, 9.17) is 0 Å². The zero-order valence-electron chi connectivity index (χ0n) is 14.2. The van der Waals surface area contributed by atoms with Crippen LogP contribution in [0.15, 0.2) is 30.3 Å². The van der Waals surface area contributed by atoms with Gasteiger partial charge in [0, 0.05) is 38.3 Å². The highest BCUT2D eigenvalue weighted by Gasteiger charge is 2.41. The number of fused-ring (bicyclic) bond motifs is 4. The minimum absolute atomic E-state index is 0.111. The summed E-state index contributed by atoms with van der Waals surface area (Å²) in [6.45, 7) is 6.00. The molecule has 4 atom stereocenters. The highest BCUT2D eigenvalue weighted by molar-refractivity contribution is 5.83. The zero-order valence-corrected chi connectivity index (χ0v) is 14.2. The molecular weight excluding hydrogens is 302 g/mol. The van der Waals surface area contributed by atoms with Crippen molar-refractivity contribution in [2.24, 2.45) is 5.92 Å². The van der Waals surface area contributed by atoms with E-state index in [0.29, 0.717) is 12.0 Å². The average molecular weight is 329 g/mol. The van der Waals surface area contributed by atoms with Crippen molar-refractivity contribution in [3.8, 4) is 0 Å². The van der Waals surface area contributed by atoms with Gasteiger partial charge in [-0.05, 0) is 31.2 Å². The van der Waals surface area contributed by atoms with E-state index in [-0.39, 0.29) is 18.0 Å². The number of carbonyl (C=O) groups excluding carboxylic acids is 1. The first-order chi connectivity index (χ1) is 11.7. The number of hydrogen-bond donors (Lipinski definition) is 3. The van der Waals surface area contributed by atoms with Crippen molar-refractivity contribution in [1.29, 1.82) is 0 Å². The molecule has 4 aliphatic rings. The van der Waals surface area contributed by atoms with E-state index in [2.05, 4.69) is 56.5 Å². The smallest absolute Gasteiger partial charge is 0.243 e. The number of rotatable bonds is 3. The molecule has 0 spiro atoms. The highest BCUT2D eigenvalue weighted by Crippen LogP contribution is 2.29. The Morgan fingerprint density at radius 3 is 2.71 bits per heavy atom. The maximum atomic E-state index is 13.0. The Morgan fingerprint density at radius 1 is 1.12 bits per heavy atom. The van der Waals surface area contributed by atoms with Gasteiger partial charge in [-0.3, -0.25) is 9.69 Å². The molecule has 130 valence electrons. The van der Waals surface area contributed by atoms with E-state index in [1.165, 1.54) is 12.0 Å². The fourth-order valence-electron chi connectivity index (χ4n) is 4.32. The van der Waals surface area contributed by atoms with Crippen LogP contribution < -0.4 is 16.4 Å². The van der Waals surface area contributed by atoms with Crippen molar-refractivity contribution in [1.82, 2.24) is 26.2 Å². The molecule has 24 heavy (non-hydrogen) atoms. The molecule has 6 nitrogen and oxygen atoms in total. The highest BCUT2D eigenvalue weighted by atomic mass is 16.2. The van der Waals surface area contributed by atoms with Gasteiger partial charge in [0.15, 0.2) is 0 Å². The van der Waals surface area contributed by atoms with Gasteiger partial charge in [-0.1, -0.05) is 30.3 Å². The van der Waals surface area contributed by atoms with Crippen LogP contribution in [0.5, 0.6) is 0 Å². The number of hydrogen-bond acceptors (Lipinski definition) is 5. The molecule has 4 fully saturated rings. The van der Waals surface area contributed by atoms with Gasteiger partial charge in [-0.25, -0.2) is 10.9 Å². The molecule has 3 N–H and O–H groups in total. The third-order valence-corrected chi connectivity index (χ3v) is 5.61. The number of hydrazine groups is 2. The summed E-state index contributed by atoms with van der Waals surface area (Å²) in [5.74, 6) is 0.824. The number of nitrogens with one attached hydrogen (secondary N) is 3. The lowest BCUT2D eigenvalue weighted by Gasteiger charge is -2.38. The molecule has 5 rings (SSSR count). The van der Waals surface area contributed by atoms with Crippen molar-refractivity contribution in [3.63, 3.8) is 0 Å². The predicted molar refractivity (Wildman–Crippen MR) is 92.6 cm³/mol. The van der Waals surface area contributed by atoms with Crippen LogP contribution in [0.1, 0.15) is 25.3 Å². The first-order valence-electron chi connectivity index (χ1n) is 9.03. The van der Waals surface area contributed by atoms with Crippen LogP contribution in [-0.2, 0) is 11.3 Å². The second-order valence-electron chi connectivity index (χ2n) is 7.45. The molecule has 1 amide bonds. The Kier molecular flexibility index (Phi) is 4.54. The maximum Gasteiger partial charge on any atom is 0.243 e. The predicted octanol–water partition coefficient (Wildman–Crippen LogP) is 0.479. The Labute approximate surface area is 143 Å². The van der Waals surface area contributed by atoms with Gasteiger partial charge in [0.25, 0.3) is 0 Å². The quantitative estimate of drug-likeness (QED) is 0.753. The van der Waals surface area contributed by atoms with Gasteiger partial charge >= 0.3 is 0 Å². The van der Waals surface area contributed by atoms with Gasteiger partial charge < -0.3 is 4.90 Å². The maximum absolute atomic E-state index is 13.0. The Bertz CT molecular complexity index is 580. The van der Waals surface area contributed by atoms with Crippen LogP contribution in [0.2, 0.25) is 0 Å². The fraction of sp³-hybridized carbons (Fsp3) is 0.611. The molecule has 4 aliphatic heterocycles. The first-order valence-corrected chi connectivity index (χ1v) is 9.03. The number of piperidine rings is 1. The molecule has 1 aromatic rings. The average Bonchev–Trinajstić information content (AvgIpc) is 2.83. The summed E-state index contributed by atoms with van der Waals surface area (Å²) in [5, 5.41) is 0. The Morgan fingerprint density at radius 2 is 1.96 bits per heavy atom. The summed E-state index contributed by atoms with van der Waals surface area (Å²) in [6.07, 6.45) is 2.37. The number of benzene rings is 1. The summed E-state index contributed by atoms with van der Waals surface area (Å²) in [6, 6.07) is 10.9. The standard InChI is InChI=1S/C18H27N5O/c1-13-17(20-21-19-13)18(24)23-11-15-7-8-16(23)12-22(10-15)9-14-5-3-2-4-6-14/h2-6,13,15-17,19-21H,7-12H2,1H3/t13?,15-,16+,17?/m0/s1. The monoisotopic (exact) mass is 329 g/mol.